The molecule has 0 aromatic heterocycles. The number of hydrogen-bond donors (Lipinski definition) is 2. The molecular weight excluding hydrogens is 306 g/mol. The molecule has 0 unspecified atom stereocenters. The molecule has 2 N–H and O–H groups in total. The molecule has 0 saturated heterocycles. The number of unbranched alkanes of at least 4 members (excludes halogenated alkanes) is 1. The Hall–Kier alpha value is -1.51. The van der Waals surface area contributed by atoms with Crippen LogP contribution in [0.3, 0.4) is 0 Å². The second-order valence-corrected chi connectivity index (χ2v) is 6.56. The molecule has 1 aliphatic heterocycles. The summed E-state index contributed by atoms with van der Waals surface area (Å²) < 4.78 is 11.5. The Morgan fingerprint density at radius 2 is 2.17 bits per heavy atom. The van der Waals surface area contributed by atoms with E-state index >= 15 is 0 Å². The van der Waals surface area contributed by atoms with Crippen molar-refractivity contribution in [3.63, 3.8) is 0 Å². The van der Waals surface area contributed by atoms with Gasteiger partial charge in [0.25, 0.3) is 5.91 Å². The zero-order valence-electron chi connectivity index (χ0n) is 14.3. The molecule has 5 nitrogen and oxygen atoms in total. The van der Waals surface area contributed by atoms with Crippen molar-refractivity contribution in [2.45, 2.75) is 57.7 Å². The van der Waals surface area contributed by atoms with Crippen molar-refractivity contribution in [3.05, 3.63) is 11.8 Å². The van der Waals surface area contributed by atoms with E-state index in [1.807, 2.05) is 6.08 Å². The SMILES string of the molecule is C#CCNC(=O)C1=C[C@H](C2CCCCC2)C[C@H](OCCCCO)O1. The van der Waals surface area contributed by atoms with Crippen molar-refractivity contribution >= 4 is 5.91 Å². The van der Waals surface area contributed by atoms with E-state index in [0.29, 0.717) is 30.6 Å². The van der Waals surface area contributed by atoms with Gasteiger partial charge >= 0.3 is 0 Å². The number of rotatable bonds is 8. The molecule has 0 radical (unpaired) electrons. The van der Waals surface area contributed by atoms with Gasteiger partial charge < -0.3 is 19.9 Å². The summed E-state index contributed by atoms with van der Waals surface area (Å²) in [6, 6.07) is 0. The lowest BCUT2D eigenvalue weighted by atomic mass is 9.77. The van der Waals surface area contributed by atoms with Crippen molar-refractivity contribution < 1.29 is 19.4 Å². The lowest BCUT2D eigenvalue weighted by Gasteiger charge is -2.35. The van der Waals surface area contributed by atoms with Crippen molar-refractivity contribution in [3.8, 4) is 12.3 Å². The fourth-order valence-electron chi connectivity index (χ4n) is 3.48. The summed E-state index contributed by atoms with van der Waals surface area (Å²) in [5, 5.41) is 11.5. The highest BCUT2D eigenvalue weighted by Crippen LogP contribution is 2.37. The number of allylic oxidation sites excluding steroid dienone is 1. The van der Waals surface area contributed by atoms with Gasteiger partial charge in [0.15, 0.2) is 5.76 Å². The summed E-state index contributed by atoms with van der Waals surface area (Å²) in [5.74, 6) is 3.38. The predicted molar refractivity (Wildman–Crippen MR) is 91.8 cm³/mol. The van der Waals surface area contributed by atoms with Crippen LogP contribution in [0.4, 0.5) is 0 Å². The molecule has 0 spiro atoms. The van der Waals surface area contributed by atoms with Gasteiger partial charge in [0, 0.05) is 13.0 Å². The van der Waals surface area contributed by atoms with Gasteiger partial charge in [-0.05, 0) is 43.6 Å². The van der Waals surface area contributed by atoms with Crippen LogP contribution < -0.4 is 5.32 Å². The van der Waals surface area contributed by atoms with E-state index in [1.54, 1.807) is 0 Å². The van der Waals surface area contributed by atoms with Crippen LogP contribution in [-0.4, -0.2) is 37.1 Å². The minimum atomic E-state index is -0.396. The second kappa shape index (κ2) is 10.4. The van der Waals surface area contributed by atoms with Crippen LogP contribution in [0.1, 0.15) is 51.4 Å². The topological polar surface area (TPSA) is 67.8 Å². The van der Waals surface area contributed by atoms with E-state index in [9.17, 15) is 4.79 Å². The first-order chi connectivity index (χ1) is 11.7. The largest absolute Gasteiger partial charge is 0.459 e. The van der Waals surface area contributed by atoms with Crippen molar-refractivity contribution in [1.29, 1.82) is 0 Å². The van der Waals surface area contributed by atoms with E-state index in [4.69, 9.17) is 21.0 Å². The number of terminal acetylenes is 1. The third kappa shape index (κ3) is 5.85. The molecule has 5 heteroatoms. The van der Waals surface area contributed by atoms with Gasteiger partial charge in [-0.1, -0.05) is 25.2 Å². The normalized spacial score (nSPS) is 24.6. The minimum Gasteiger partial charge on any atom is -0.459 e. The number of amides is 1. The van der Waals surface area contributed by atoms with Crippen LogP contribution in [-0.2, 0) is 14.3 Å². The van der Waals surface area contributed by atoms with Gasteiger partial charge in [-0.25, -0.2) is 0 Å². The molecule has 2 rings (SSSR count). The van der Waals surface area contributed by atoms with Crippen molar-refractivity contribution in [2.75, 3.05) is 19.8 Å². The molecule has 1 saturated carbocycles. The van der Waals surface area contributed by atoms with E-state index in [-0.39, 0.29) is 19.1 Å². The van der Waals surface area contributed by atoms with Crippen LogP contribution in [0.15, 0.2) is 11.8 Å². The lowest BCUT2D eigenvalue weighted by Crippen LogP contribution is -2.35. The van der Waals surface area contributed by atoms with Crippen LogP contribution in [0.5, 0.6) is 0 Å². The van der Waals surface area contributed by atoms with Crippen molar-refractivity contribution in [2.24, 2.45) is 11.8 Å². The maximum absolute atomic E-state index is 12.2. The monoisotopic (exact) mass is 335 g/mol. The van der Waals surface area contributed by atoms with E-state index in [0.717, 1.165) is 12.8 Å². The summed E-state index contributed by atoms with van der Waals surface area (Å²) in [5.41, 5.74) is 0. The summed E-state index contributed by atoms with van der Waals surface area (Å²) >= 11 is 0. The van der Waals surface area contributed by atoms with E-state index in [2.05, 4.69) is 11.2 Å². The number of aliphatic hydroxyl groups is 1. The number of aliphatic hydroxyl groups excluding tert-OH is 1. The molecule has 1 amide bonds. The number of hydrogen-bond acceptors (Lipinski definition) is 4. The fraction of sp³-hybridized carbons (Fsp3) is 0.737. The Morgan fingerprint density at radius 1 is 1.38 bits per heavy atom. The summed E-state index contributed by atoms with van der Waals surface area (Å²) in [6.45, 7) is 0.886. The Balaban J connectivity index is 1.98. The number of carbonyl (C=O) groups is 1. The zero-order chi connectivity index (χ0) is 17.2. The third-order valence-corrected chi connectivity index (χ3v) is 4.77. The maximum Gasteiger partial charge on any atom is 0.286 e. The molecule has 0 aromatic carbocycles. The van der Waals surface area contributed by atoms with E-state index < -0.39 is 6.29 Å². The number of ether oxygens (including phenoxy) is 2. The molecule has 1 fully saturated rings. The number of carbonyl (C=O) groups excluding carboxylic acids is 1. The highest BCUT2D eigenvalue weighted by molar-refractivity contribution is 5.91. The van der Waals surface area contributed by atoms with Gasteiger partial charge in [0.2, 0.25) is 6.29 Å². The summed E-state index contributed by atoms with van der Waals surface area (Å²) in [6.07, 6.45) is 15.3. The van der Waals surface area contributed by atoms with Gasteiger partial charge in [-0.2, -0.15) is 0 Å². The summed E-state index contributed by atoms with van der Waals surface area (Å²) in [4.78, 5) is 12.2. The molecule has 1 heterocycles. The predicted octanol–water partition coefficient (Wildman–Crippen LogP) is 2.35. The molecular formula is C19H29NO4. The van der Waals surface area contributed by atoms with Gasteiger partial charge in [0.05, 0.1) is 13.2 Å². The lowest BCUT2D eigenvalue weighted by molar-refractivity contribution is -0.151. The molecule has 24 heavy (non-hydrogen) atoms. The summed E-state index contributed by atoms with van der Waals surface area (Å²) in [7, 11) is 0. The molecule has 2 aliphatic rings. The van der Waals surface area contributed by atoms with E-state index in [1.165, 1.54) is 32.1 Å². The molecule has 0 aromatic rings. The minimum absolute atomic E-state index is 0.166. The Morgan fingerprint density at radius 3 is 2.88 bits per heavy atom. The quantitative estimate of drug-likeness (QED) is 0.528. The highest BCUT2D eigenvalue weighted by atomic mass is 16.7. The molecule has 2 atom stereocenters. The van der Waals surface area contributed by atoms with Gasteiger partial charge in [-0.15, -0.1) is 6.42 Å². The second-order valence-electron chi connectivity index (χ2n) is 6.56. The van der Waals surface area contributed by atoms with Crippen LogP contribution in [0.25, 0.3) is 0 Å². The Kier molecular flexibility index (Phi) is 8.14. The fourth-order valence-corrected chi connectivity index (χ4v) is 3.48. The first-order valence-electron chi connectivity index (χ1n) is 9.07. The molecule has 0 bridgehead atoms. The van der Waals surface area contributed by atoms with Crippen LogP contribution >= 0.6 is 0 Å². The smallest absolute Gasteiger partial charge is 0.286 e. The maximum atomic E-state index is 12.2. The standard InChI is InChI=1S/C19H29NO4/c1-2-10-20-19(22)17-13-16(15-8-4-3-5-9-15)14-18(24-17)23-12-7-6-11-21/h1,13,15-16,18,21H,3-12,14H2,(H,20,22)/t16-,18+/m0/s1. The van der Waals surface area contributed by atoms with Gasteiger partial charge in [0.1, 0.15) is 0 Å². The first kappa shape index (κ1) is 18.8. The molecule has 134 valence electrons. The average molecular weight is 335 g/mol. The first-order valence-corrected chi connectivity index (χ1v) is 9.07. The Labute approximate surface area is 144 Å². The van der Waals surface area contributed by atoms with Crippen molar-refractivity contribution in [1.82, 2.24) is 5.32 Å². The zero-order valence-corrected chi connectivity index (χ0v) is 14.3. The third-order valence-electron chi connectivity index (χ3n) is 4.77. The molecule has 1 aliphatic carbocycles. The highest BCUT2D eigenvalue weighted by Gasteiger charge is 2.32. The number of nitrogens with one attached hydrogen (secondary N) is 1. The average Bonchev–Trinajstić information content (AvgIpc) is 2.63. The van der Waals surface area contributed by atoms with Crippen LogP contribution in [0, 0.1) is 24.2 Å². The van der Waals surface area contributed by atoms with Crippen LogP contribution in [0.2, 0.25) is 0 Å². The Bertz CT molecular complexity index is 462. The van der Waals surface area contributed by atoms with Gasteiger partial charge in [-0.3, -0.25) is 4.79 Å².